The lowest BCUT2D eigenvalue weighted by Crippen LogP contribution is -2.08. The van der Waals surface area contributed by atoms with E-state index in [0.29, 0.717) is 17.6 Å². The molecule has 3 rings (SSSR count). The van der Waals surface area contributed by atoms with Gasteiger partial charge in [-0.25, -0.2) is 0 Å². The zero-order valence-electron chi connectivity index (χ0n) is 11.2. The fraction of sp³-hybridized carbons (Fsp3) is 0.429. The summed E-state index contributed by atoms with van der Waals surface area (Å²) in [4.78, 5) is 5.62. The van der Waals surface area contributed by atoms with Gasteiger partial charge in [0.05, 0.1) is 11.7 Å². The van der Waals surface area contributed by atoms with E-state index in [9.17, 15) is 0 Å². The maximum Gasteiger partial charge on any atom is 0.231 e. The summed E-state index contributed by atoms with van der Waals surface area (Å²) < 4.78 is 5.39. The van der Waals surface area contributed by atoms with E-state index in [1.807, 2.05) is 24.3 Å². The lowest BCUT2D eigenvalue weighted by atomic mass is 9.98. The monoisotopic (exact) mass is 309 g/mol. The third kappa shape index (κ3) is 3.16. The highest BCUT2D eigenvalue weighted by molar-refractivity contribution is 7.98. The van der Waals surface area contributed by atoms with Crippen LogP contribution in [0.25, 0.3) is 0 Å². The van der Waals surface area contributed by atoms with Crippen molar-refractivity contribution >= 4 is 23.4 Å². The molecule has 2 heterocycles. The highest BCUT2D eigenvalue weighted by atomic mass is 35.5. The van der Waals surface area contributed by atoms with Gasteiger partial charge in [-0.15, -0.1) is 11.8 Å². The maximum atomic E-state index is 5.96. The van der Waals surface area contributed by atoms with Crippen LogP contribution >= 0.6 is 23.4 Å². The van der Waals surface area contributed by atoms with E-state index in [4.69, 9.17) is 16.1 Å². The molecule has 1 saturated heterocycles. The van der Waals surface area contributed by atoms with Crippen LogP contribution in [-0.2, 0) is 5.75 Å². The Morgan fingerprint density at radius 1 is 1.45 bits per heavy atom. The molecule has 0 bridgehead atoms. The van der Waals surface area contributed by atoms with Gasteiger partial charge >= 0.3 is 0 Å². The molecule has 0 amide bonds. The van der Waals surface area contributed by atoms with E-state index in [0.717, 1.165) is 34.7 Å². The molecule has 1 fully saturated rings. The van der Waals surface area contributed by atoms with Crippen molar-refractivity contribution in [2.75, 3.05) is 13.1 Å². The molecule has 0 aliphatic carbocycles. The summed E-state index contributed by atoms with van der Waals surface area (Å²) in [6.45, 7) is 4.14. The molecule has 106 valence electrons. The fourth-order valence-corrected chi connectivity index (χ4v) is 3.38. The number of rotatable bonds is 4. The molecule has 0 saturated carbocycles. The Morgan fingerprint density at radius 2 is 2.35 bits per heavy atom. The summed E-state index contributed by atoms with van der Waals surface area (Å²) in [5.74, 6) is 3.07. The molecule has 4 nitrogen and oxygen atoms in total. The second kappa shape index (κ2) is 6.16. The number of hydrogen-bond donors (Lipinski definition) is 1. The average molecular weight is 310 g/mol. The quantitative estimate of drug-likeness (QED) is 0.878. The first-order valence-electron chi connectivity index (χ1n) is 6.64. The van der Waals surface area contributed by atoms with Gasteiger partial charge in [-0.2, -0.15) is 4.98 Å². The topological polar surface area (TPSA) is 51.0 Å². The van der Waals surface area contributed by atoms with E-state index < -0.39 is 0 Å². The lowest BCUT2D eigenvalue weighted by molar-refractivity contribution is 0.337. The van der Waals surface area contributed by atoms with Crippen molar-refractivity contribution in [2.24, 2.45) is 5.92 Å². The number of nitrogens with one attached hydrogen (secondary N) is 1. The van der Waals surface area contributed by atoms with Crippen molar-refractivity contribution in [1.29, 1.82) is 0 Å². The summed E-state index contributed by atoms with van der Waals surface area (Å²) in [5.41, 5.74) is 0. The minimum atomic E-state index is 0.340. The largest absolute Gasteiger partial charge is 0.339 e. The molecule has 0 radical (unpaired) electrons. The van der Waals surface area contributed by atoms with Crippen LogP contribution in [0.3, 0.4) is 0 Å². The van der Waals surface area contributed by atoms with E-state index >= 15 is 0 Å². The Bertz CT molecular complexity index is 589. The van der Waals surface area contributed by atoms with Crippen LogP contribution in [0.2, 0.25) is 5.02 Å². The Hall–Kier alpha value is -1.04. The normalized spacial score (nSPS) is 22.3. The van der Waals surface area contributed by atoms with Crippen molar-refractivity contribution in [2.45, 2.75) is 23.5 Å². The van der Waals surface area contributed by atoms with Crippen molar-refractivity contribution in [3.05, 3.63) is 41.0 Å². The second-order valence-corrected chi connectivity index (χ2v) is 6.52. The van der Waals surface area contributed by atoms with Gasteiger partial charge in [0.2, 0.25) is 5.89 Å². The van der Waals surface area contributed by atoms with Crippen molar-refractivity contribution in [3.63, 3.8) is 0 Å². The molecule has 1 aromatic heterocycles. The minimum absolute atomic E-state index is 0.340. The van der Waals surface area contributed by atoms with Gasteiger partial charge in [-0.05, 0) is 30.7 Å². The molecule has 1 aromatic carbocycles. The first-order valence-corrected chi connectivity index (χ1v) is 8.00. The molecule has 20 heavy (non-hydrogen) atoms. The lowest BCUT2D eigenvalue weighted by Gasteiger charge is -2.07. The van der Waals surface area contributed by atoms with Crippen LogP contribution in [0.4, 0.5) is 0 Å². The van der Waals surface area contributed by atoms with Gasteiger partial charge in [0.15, 0.2) is 5.82 Å². The number of aromatic nitrogens is 2. The molecule has 2 atom stereocenters. The predicted octanol–water partition coefficient (Wildman–Crippen LogP) is 3.34. The van der Waals surface area contributed by atoms with Crippen LogP contribution in [0, 0.1) is 5.92 Å². The standard InChI is InChI=1S/C14H16ClN3OS/c1-9-6-16-7-12(9)14-17-13(18-19-14)8-20-11-4-2-3-10(15)5-11/h2-5,9,12,16H,6-8H2,1H3/t9-,12-/m1/s1. The third-order valence-corrected chi connectivity index (χ3v) is 4.71. The van der Waals surface area contributed by atoms with Crippen LogP contribution in [-0.4, -0.2) is 23.2 Å². The minimum Gasteiger partial charge on any atom is -0.339 e. The zero-order chi connectivity index (χ0) is 13.9. The Labute approximate surface area is 127 Å². The molecule has 2 aromatic rings. The number of nitrogens with zero attached hydrogens (tertiary/aromatic N) is 2. The third-order valence-electron chi connectivity index (χ3n) is 3.48. The highest BCUT2D eigenvalue weighted by Crippen LogP contribution is 2.28. The number of hydrogen-bond acceptors (Lipinski definition) is 5. The van der Waals surface area contributed by atoms with Gasteiger partial charge in [-0.3, -0.25) is 0 Å². The van der Waals surface area contributed by atoms with E-state index in [1.54, 1.807) is 11.8 Å². The molecular weight excluding hydrogens is 294 g/mol. The average Bonchev–Trinajstić information content (AvgIpc) is 3.05. The predicted molar refractivity (Wildman–Crippen MR) is 80.1 cm³/mol. The summed E-state index contributed by atoms with van der Waals surface area (Å²) in [5, 5.41) is 8.16. The molecule has 0 spiro atoms. The van der Waals surface area contributed by atoms with E-state index in [1.165, 1.54) is 0 Å². The SMILES string of the molecule is C[C@@H]1CNC[C@H]1c1nc(CSc2cccc(Cl)c2)no1. The molecule has 1 N–H and O–H groups in total. The number of benzene rings is 1. The summed E-state index contributed by atoms with van der Waals surface area (Å²) in [6.07, 6.45) is 0. The van der Waals surface area contributed by atoms with Crippen molar-refractivity contribution in [3.8, 4) is 0 Å². The Kier molecular flexibility index (Phi) is 4.29. The summed E-state index contributed by atoms with van der Waals surface area (Å²) in [7, 11) is 0. The van der Waals surface area contributed by atoms with Gasteiger partial charge < -0.3 is 9.84 Å². The van der Waals surface area contributed by atoms with Crippen LogP contribution in [0.5, 0.6) is 0 Å². The molecule has 0 unspecified atom stereocenters. The molecule has 6 heteroatoms. The first-order chi connectivity index (χ1) is 9.72. The number of thioether (sulfide) groups is 1. The first kappa shape index (κ1) is 13.9. The molecular formula is C14H16ClN3OS. The van der Waals surface area contributed by atoms with Crippen LogP contribution < -0.4 is 5.32 Å². The smallest absolute Gasteiger partial charge is 0.231 e. The Morgan fingerprint density at radius 3 is 3.10 bits per heavy atom. The van der Waals surface area contributed by atoms with Crippen molar-refractivity contribution < 1.29 is 4.52 Å². The van der Waals surface area contributed by atoms with Gasteiger partial charge in [-0.1, -0.05) is 29.7 Å². The Balaban J connectivity index is 1.63. The van der Waals surface area contributed by atoms with Crippen molar-refractivity contribution in [1.82, 2.24) is 15.5 Å². The second-order valence-electron chi connectivity index (χ2n) is 5.04. The zero-order valence-corrected chi connectivity index (χ0v) is 12.7. The van der Waals surface area contributed by atoms with Crippen LogP contribution in [0.15, 0.2) is 33.7 Å². The van der Waals surface area contributed by atoms with E-state index in [2.05, 4.69) is 22.4 Å². The fourth-order valence-electron chi connectivity index (χ4n) is 2.32. The summed E-state index contributed by atoms with van der Waals surface area (Å²) in [6, 6.07) is 7.78. The molecule has 1 aliphatic heterocycles. The maximum absolute atomic E-state index is 5.96. The highest BCUT2D eigenvalue weighted by Gasteiger charge is 2.29. The van der Waals surface area contributed by atoms with E-state index in [-0.39, 0.29) is 0 Å². The molecule has 1 aliphatic rings. The van der Waals surface area contributed by atoms with Gasteiger partial charge in [0.25, 0.3) is 0 Å². The summed E-state index contributed by atoms with van der Waals surface area (Å²) >= 11 is 7.62. The van der Waals surface area contributed by atoms with Gasteiger partial charge in [0, 0.05) is 16.5 Å². The number of halogens is 1. The van der Waals surface area contributed by atoms with Gasteiger partial charge in [0.1, 0.15) is 0 Å². The van der Waals surface area contributed by atoms with Crippen LogP contribution in [0.1, 0.15) is 24.6 Å².